The lowest BCUT2D eigenvalue weighted by Gasteiger charge is -2.41. The summed E-state index contributed by atoms with van der Waals surface area (Å²) in [4.78, 5) is 24.9. The second-order valence-electron chi connectivity index (χ2n) is 4.76. The Morgan fingerprint density at radius 2 is 2.00 bits per heavy atom. The second-order valence-corrected chi connectivity index (χ2v) is 5.49. The predicted octanol–water partition coefficient (Wildman–Crippen LogP) is 1.30. The highest BCUT2D eigenvalue weighted by atomic mass is 32.1. The van der Waals surface area contributed by atoms with Crippen molar-refractivity contribution in [3.05, 3.63) is 0 Å². The van der Waals surface area contributed by atoms with Crippen LogP contribution in [0, 0.1) is 0 Å². The van der Waals surface area contributed by atoms with E-state index in [0.29, 0.717) is 25.8 Å². The van der Waals surface area contributed by atoms with Gasteiger partial charge in [-0.05, 0) is 12.8 Å². The summed E-state index contributed by atoms with van der Waals surface area (Å²) in [6, 6.07) is 0. The smallest absolute Gasteiger partial charge is 0.329 e. The maximum absolute atomic E-state index is 11.8. The van der Waals surface area contributed by atoms with E-state index >= 15 is 0 Å². The minimum atomic E-state index is -0.938. The fourth-order valence-electron chi connectivity index (χ4n) is 2.84. The van der Waals surface area contributed by atoms with E-state index in [0.717, 1.165) is 19.3 Å². The Hall–Kier alpha value is -0.710. The van der Waals surface area contributed by atoms with E-state index < -0.39 is 11.5 Å². The third kappa shape index (κ3) is 1.81. The van der Waals surface area contributed by atoms with Crippen LogP contribution in [0.25, 0.3) is 0 Å². The lowest BCUT2D eigenvalue weighted by molar-refractivity contribution is -0.159. The number of amides is 1. The largest absolute Gasteiger partial charge is 0.479 e. The van der Waals surface area contributed by atoms with Gasteiger partial charge in [-0.2, -0.15) is 12.6 Å². The average molecular weight is 243 g/mol. The van der Waals surface area contributed by atoms with Gasteiger partial charge in [-0.1, -0.05) is 19.3 Å². The summed E-state index contributed by atoms with van der Waals surface area (Å²) in [7, 11) is 0. The molecule has 0 aromatic carbocycles. The molecule has 4 nitrogen and oxygen atoms in total. The summed E-state index contributed by atoms with van der Waals surface area (Å²) in [6.45, 7) is 0.480. The predicted molar refractivity (Wildman–Crippen MR) is 62.6 cm³/mol. The van der Waals surface area contributed by atoms with Gasteiger partial charge in [-0.25, -0.2) is 4.79 Å². The number of aliphatic carboxylic acids is 1. The highest BCUT2D eigenvalue weighted by molar-refractivity contribution is 7.81. The van der Waals surface area contributed by atoms with Gasteiger partial charge in [-0.15, -0.1) is 0 Å². The van der Waals surface area contributed by atoms with Crippen LogP contribution < -0.4 is 0 Å². The first-order valence-electron chi connectivity index (χ1n) is 5.78. The number of carboxylic acids is 1. The lowest BCUT2D eigenvalue weighted by atomic mass is 9.80. The number of hydrogen-bond donors (Lipinski definition) is 2. The van der Waals surface area contributed by atoms with Crippen LogP contribution in [0.1, 0.15) is 38.5 Å². The van der Waals surface area contributed by atoms with Crippen molar-refractivity contribution in [2.24, 2.45) is 0 Å². The first-order valence-corrected chi connectivity index (χ1v) is 6.30. The van der Waals surface area contributed by atoms with E-state index in [1.54, 1.807) is 4.90 Å². The van der Waals surface area contributed by atoms with Crippen LogP contribution in [0.2, 0.25) is 0 Å². The minimum absolute atomic E-state index is 0.00866. The van der Waals surface area contributed by atoms with E-state index in [2.05, 4.69) is 12.6 Å². The van der Waals surface area contributed by atoms with Crippen LogP contribution in [0.15, 0.2) is 0 Å². The molecule has 0 spiro atoms. The molecule has 2 rings (SSSR count). The molecule has 2 fully saturated rings. The maximum Gasteiger partial charge on any atom is 0.329 e. The molecule has 90 valence electrons. The molecule has 1 aliphatic heterocycles. The Labute approximate surface area is 100 Å². The van der Waals surface area contributed by atoms with E-state index in [9.17, 15) is 14.7 Å². The van der Waals surface area contributed by atoms with Crippen molar-refractivity contribution in [3.63, 3.8) is 0 Å². The van der Waals surface area contributed by atoms with Crippen LogP contribution in [0.5, 0.6) is 0 Å². The number of nitrogens with zero attached hydrogens (tertiary/aromatic N) is 1. The minimum Gasteiger partial charge on any atom is -0.479 e. The molecule has 2 aliphatic rings. The fraction of sp³-hybridized carbons (Fsp3) is 0.818. The van der Waals surface area contributed by atoms with Crippen LogP contribution in [-0.2, 0) is 9.59 Å². The number of hydrogen-bond acceptors (Lipinski definition) is 3. The zero-order valence-electron chi connectivity index (χ0n) is 9.19. The fourth-order valence-corrected chi connectivity index (χ4v) is 3.16. The van der Waals surface area contributed by atoms with Gasteiger partial charge in [0.2, 0.25) is 5.91 Å². The molecular weight excluding hydrogens is 226 g/mol. The number of carboxylic acid groups (broad SMARTS) is 1. The molecule has 1 heterocycles. The van der Waals surface area contributed by atoms with Crippen molar-refractivity contribution in [1.82, 2.24) is 4.90 Å². The molecule has 0 aromatic rings. The number of rotatable bonds is 2. The Bertz CT molecular complexity index is 310. The van der Waals surface area contributed by atoms with E-state index in [-0.39, 0.29) is 11.2 Å². The highest BCUT2D eigenvalue weighted by Gasteiger charge is 2.49. The molecule has 1 amide bonds. The molecule has 0 aromatic heterocycles. The topological polar surface area (TPSA) is 57.6 Å². The first-order chi connectivity index (χ1) is 7.56. The summed E-state index contributed by atoms with van der Waals surface area (Å²) < 4.78 is 0. The molecule has 0 radical (unpaired) electrons. The summed E-state index contributed by atoms with van der Waals surface area (Å²) in [5.41, 5.74) is -0.938. The van der Waals surface area contributed by atoms with E-state index in [4.69, 9.17) is 0 Å². The van der Waals surface area contributed by atoms with Gasteiger partial charge < -0.3 is 10.0 Å². The molecule has 1 saturated heterocycles. The van der Waals surface area contributed by atoms with Crippen molar-refractivity contribution < 1.29 is 14.7 Å². The summed E-state index contributed by atoms with van der Waals surface area (Å²) in [5.74, 6) is -0.896. The van der Waals surface area contributed by atoms with Gasteiger partial charge in [0, 0.05) is 18.2 Å². The highest BCUT2D eigenvalue weighted by Crippen LogP contribution is 2.37. The Morgan fingerprint density at radius 1 is 1.38 bits per heavy atom. The number of carbonyl (C=O) groups is 2. The standard InChI is InChI=1S/C11H17NO3S/c13-9-6-8(16)7-12(9)11(10(14)15)4-2-1-3-5-11/h8,16H,1-7H2,(H,14,15). The Kier molecular flexibility index (Phi) is 3.15. The molecule has 1 atom stereocenters. The SMILES string of the molecule is O=C1CC(S)CN1C1(C(=O)O)CCCCC1. The summed E-state index contributed by atoms with van der Waals surface area (Å²) in [5, 5.41) is 9.43. The van der Waals surface area contributed by atoms with Gasteiger partial charge in [0.25, 0.3) is 0 Å². The number of thiol groups is 1. The van der Waals surface area contributed by atoms with Crippen molar-refractivity contribution >= 4 is 24.5 Å². The monoisotopic (exact) mass is 243 g/mol. The molecule has 1 unspecified atom stereocenters. The van der Waals surface area contributed by atoms with Crippen molar-refractivity contribution in [2.75, 3.05) is 6.54 Å². The van der Waals surface area contributed by atoms with Crippen molar-refractivity contribution in [3.8, 4) is 0 Å². The third-order valence-electron chi connectivity index (χ3n) is 3.70. The lowest BCUT2D eigenvalue weighted by Crippen LogP contribution is -2.56. The van der Waals surface area contributed by atoms with Crippen LogP contribution in [0.4, 0.5) is 0 Å². The van der Waals surface area contributed by atoms with Gasteiger partial charge in [-0.3, -0.25) is 4.79 Å². The molecule has 5 heteroatoms. The Morgan fingerprint density at radius 3 is 2.44 bits per heavy atom. The van der Waals surface area contributed by atoms with Crippen LogP contribution in [0.3, 0.4) is 0 Å². The van der Waals surface area contributed by atoms with Gasteiger partial charge in [0.1, 0.15) is 5.54 Å². The molecule has 16 heavy (non-hydrogen) atoms. The zero-order valence-corrected chi connectivity index (χ0v) is 10.1. The molecule has 1 saturated carbocycles. The van der Waals surface area contributed by atoms with Crippen molar-refractivity contribution in [1.29, 1.82) is 0 Å². The summed E-state index contributed by atoms with van der Waals surface area (Å²) >= 11 is 4.28. The van der Waals surface area contributed by atoms with E-state index in [1.807, 2.05) is 0 Å². The summed E-state index contributed by atoms with van der Waals surface area (Å²) in [6.07, 6.45) is 4.42. The molecule has 1 aliphatic carbocycles. The molecular formula is C11H17NO3S. The number of carbonyl (C=O) groups excluding carboxylic acids is 1. The normalized spacial score (nSPS) is 29.4. The van der Waals surface area contributed by atoms with Gasteiger partial charge in [0.15, 0.2) is 0 Å². The van der Waals surface area contributed by atoms with Gasteiger partial charge >= 0.3 is 5.97 Å². The van der Waals surface area contributed by atoms with Crippen LogP contribution in [-0.4, -0.2) is 39.2 Å². The Balaban J connectivity index is 2.25. The third-order valence-corrected chi connectivity index (χ3v) is 4.05. The average Bonchev–Trinajstić information content (AvgIpc) is 2.59. The van der Waals surface area contributed by atoms with Crippen LogP contribution >= 0.6 is 12.6 Å². The maximum atomic E-state index is 11.8. The van der Waals surface area contributed by atoms with Crippen molar-refractivity contribution in [2.45, 2.75) is 49.3 Å². The van der Waals surface area contributed by atoms with Gasteiger partial charge in [0.05, 0.1) is 0 Å². The zero-order chi connectivity index (χ0) is 11.8. The quantitative estimate of drug-likeness (QED) is 0.719. The second kappa shape index (κ2) is 4.28. The van der Waals surface area contributed by atoms with E-state index in [1.165, 1.54) is 0 Å². The first kappa shape index (κ1) is 11.8. The molecule has 0 bridgehead atoms. The molecule has 1 N–H and O–H groups in total. The number of likely N-dealkylation sites (tertiary alicyclic amines) is 1.